The second kappa shape index (κ2) is 7.18. The highest BCUT2D eigenvalue weighted by atomic mass is 35.5. The van der Waals surface area contributed by atoms with Crippen LogP contribution in [0.25, 0.3) is 0 Å². The van der Waals surface area contributed by atoms with E-state index in [1.807, 2.05) is 13.8 Å². The van der Waals surface area contributed by atoms with Crippen LogP contribution in [0, 0.1) is 13.8 Å². The Labute approximate surface area is 172 Å². The number of ether oxygens (including phenoxy) is 1. The lowest BCUT2D eigenvalue weighted by molar-refractivity contribution is 0.0733. The Kier molecular flexibility index (Phi) is 4.68. The molecule has 0 saturated heterocycles. The zero-order valence-corrected chi connectivity index (χ0v) is 16.5. The summed E-state index contributed by atoms with van der Waals surface area (Å²) < 4.78 is 5.46. The van der Waals surface area contributed by atoms with Gasteiger partial charge in [-0.1, -0.05) is 29.8 Å². The minimum absolute atomic E-state index is 0.226. The van der Waals surface area contributed by atoms with Gasteiger partial charge in [0.25, 0.3) is 11.8 Å². The number of carbonyl (C=O) groups excluding carboxylic acids is 3. The second-order valence-electron chi connectivity index (χ2n) is 6.80. The highest BCUT2D eigenvalue weighted by Gasteiger charge is 2.36. The summed E-state index contributed by atoms with van der Waals surface area (Å²) in [7, 11) is 0. The zero-order chi connectivity index (χ0) is 20.7. The Morgan fingerprint density at radius 2 is 1.45 bits per heavy atom. The number of fused-ring (bicyclic) bond motifs is 1. The Morgan fingerprint density at radius 1 is 0.862 bits per heavy atom. The van der Waals surface area contributed by atoms with Gasteiger partial charge in [0.05, 0.1) is 22.4 Å². The van der Waals surface area contributed by atoms with Crippen LogP contribution in [0.2, 0.25) is 5.02 Å². The first-order chi connectivity index (χ1) is 13.9. The number of anilines is 1. The summed E-state index contributed by atoms with van der Waals surface area (Å²) in [4.78, 5) is 39.0. The van der Waals surface area contributed by atoms with Crippen LogP contribution in [-0.4, -0.2) is 17.8 Å². The van der Waals surface area contributed by atoms with Gasteiger partial charge in [-0.25, -0.2) is 9.69 Å². The van der Waals surface area contributed by atoms with Crippen LogP contribution in [0.5, 0.6) is 5.75 Å². The number of rotatable bonds is 3. The van der Waals surface area contributed by atoms with Crippen LogP contribution in [0.15, 0.2) is 60.7 Å². The van der Waals surface area contributed by atoms with Crippen molar-refractivity contribution in [3.8, 4) is 5.75 Å². The third-order valence-electron chi connectivity index (χ3n) is 4.75. The number of aryl methyl sites for hydroxylation is 2. The Bertz CT molecular complexity index is 1130. The number of nitrogens with zero attached hydrogens (tertiary/aromatic N) is 1. The molecule has 6 heteroatoms. The van der Waals surface area contributed by atoms with Gasteiger partial charge in [-0.3, -0.25) is 9.59 Å². The average Bonchev–Trinajstić information content (AvgIpc) is 2.97. The lowest BCUT2D eigenvalue weighted by Crippen LogP contribution is -2.29. The molecule has 1 aliphatic heterocycles. The minimum atomic E-state index is -0.593. The fourth-order valence-electron chi connectivity index (χ4n) is 3.33. The van der Waals surface area contributed by atoms with Gasteiger partial charge in [0.1, 0.15) is 5.75 Å². The van der Waals surface area contributed by atoms with Crippen LogP contribution >= 0.6 is 11.6 Å². The molecule has 4 rings (SSSR count). The van der Waals surface area contributed by atoms with E-state index in [-0.39, 0.29) is 5.56 Å². The molecule has 0 radical (unpaired) electrons. The fraction of sp³-hybridized carbons (Fsp3) is 0.0870. The molecule has 1 heterocycles. The van der Waals surface area contributed by atoms with E-state index in [9.17, 15) is 14.4 Å². The van der Waals surface area contributed by atoms with Crippen molar-refractivity contribution in [2.75, 3.05) is 4.90 Å². The Hall–Kier alpha value is -3.44. The lowest BCUT2D eigenvalue weighted by atomic mass is 10.1. The smallest absolute Gasteiger partial charge is 0.343 e. The molecule has 0 atom stereocenters. The maximum atomic E-state index is 12.7. The maximum Gasteiger partial charge on any atom is 0.343 e. The summed E-state index contributed by atoms with van der Waals surface area (Å²) >= 11 is 6.15. The number of benzene rings is 3. The van der Waals surface area contributed by atoms with Crippen molar-refractivity contribution in [3.63, 3.8) is 0 Å². The first-order valence-electron chi connectivity index (χ1n) is 8.93. The first-order valence-corrected chi connectivity index (χ1v) is 9.31. The van der Waals surface area contributed by atoms with Crippen molar-refractivity contribution >= 4 is 35.1 Å². The summed E-state index contributed by atoms with van der Waals surface area (Å²) in [6, 6.07) is 16.2. The largest absolute Gasteiger partial charge is 0.423 e. The van der Waals surface area contributed by atoms with E-state index in [0.29, 0.717) is 27.6 Å². The van der Waals surface area contributed by atoms with E-state index in [1.54, 1.807) is 54.6 Å². The molecule has 29 heavy (non-hydrogen) atoms. The van der Waals surface area contributed by atoms with Crippen molar-refractivity contribution < 1.29 is 19.1 Å². The summed E-state index contributed by atoms with van der Waals surface area (Å²) in [5.74, 6) is -1.05. The predicted octanol–water partition coefficient (Wildman–Crippen LogP) is 4.98. The highest BCUT2D eigenvalue weighted by Crippen LogP contribution is 2.30. The van der Waals surface area contributed by atoms with Crippen LogP contribution < -0.4 is 9.64 Å². The van der Waals surface area contributed by atoms with Gasteiger partial charge in [-0.05, 0) is 67.4 Å². The minimum Gasteiger partial charge on any atom is -0.423 e. The van der Waals surface area contributed by atoms with Gasteiger partial charge in [-0.15, -0.1) is 0 Å². The summed E-state index contributed by atoms with van der Waals surface area (Å²) in [5, 5.41) is 0.623. The third-order valence-corrected chi connectivity index (χ3v) is 5.35. The van der Waals surface area contributed by atoms with Crippen LogP contribution in [0.4, 0.5) is 5.69 Å². The molecule has 3 aromatic carbocycles. The standard InChI is InChI=1S/C23H16ClNO4/c1-13-10-17(11-14(2)20(13)24)29-23(28)15-6-5-7-16(12-15)25-21(26)18-8-3-4-9-19(18)22(25)27/h3-12H,1-2H3. The number of imide groups is 1. The average molecular weight is 406 g/mol. The third kappa shape index (κ3) is 3.30. The van der Waals surface area contributed by atoms with Crippen LogP contribution in [-0.2, 0) is 0 Å². The highest BCUT2D eigenvalue weighted by molar-refractivity contribution is 6.34. The molecule has 144 valence electrons. The maximum absolute atomic E-state index is 12.7. The van der Waals surface area contributed by atoms with E-state index < -0.39 is 17.8 Å². The molecule has 0 aliphatic carbocycles. The lowest BCUT2D eigenvalue weighted by Gasteiger charge is -2.15. The van der Waals surface area contributed by atoms with E-state index in [1.165, 1.54) is 6.07 Å². The molecule has 0 fully saturated rings. The number of carbonyl (C=O) groups is 3. The molecule has 0 saturated carbocycles. The van der Waals surface area contributed by atoms with Crippen LogP contribution in [0.1, 0.15) is 42.2 Å². The van der Waals surface area contributed by atoms with E-state index in [2.05, 4.69) is 0 Å². The topological polar surface area (TPSA) is 63.7 Å². The SMILES string of the molecule is Cc1cc(OC(=O)c2cccc(N3C(=O)c4ccccc4C3=O)c2)cc(C)c1Cl. The van der Waals surface area contributed by atoms with Crippen molar-refractivity contribution in [3.05, 3.63) is 93.5 Å². The number of halogens is 1. The molecule has 0 N–H and O–H groups in total. The van der Waals surface area contributed by atoms with Crippen molar-refractivity contribution in [2.45, 2.75) is 13.8 Å². The summed E-state index contributed by atoms with van der Waals surface area (Å²) in [6.45, 7) is 3.66. The number of hydrogen-bond donors (Lipinski definition) is 0. The predicted molar refractivity (Wildman–Crippen MR) is 110 cm³/mol. The normalized spacial score (nSPS) is 12.9. The Balaban J connectivity index is 1.62. The van der Waals surface area contributed by atoms with Gasteiger partial charge < -0.3 is 4.74 Å². The quantitative estimate of drug-likeness (QED) is 0.350. The number of hydrogen-bond acceptors (Lipinski definition) is 4. The van der Waals surface area contributed by atoms with Gasteiger partial charge in [0, 0.05) is 5.02 Å². The molecule has 0 bridgehead atoms. The van der Waals surface area contributed by atoms with Crippen LogP contribution in [0.3, 0.4) is 0 Å². The monoisotopic (exact) mass is 405 g/mol. The number of amides is 2. The first kappa shape index (κ1) is 18.9. The zero-order valence-electron chi connectivity index (χ0n) is 15.7. The van der Waals surface area contributed by atoms with E-state index in [4.69, 9.17) is 16.3 Å². The molecule has 1 aliphatic rings. The van der Waals surface area contributed by atoms with E-state index >= 15 is 0 Å². The molecule has 2 amide bonds. The van der Waals surface area contributed by atoms with Crippen molar-refractivity contribution in [1.82, 2.24) is 0 Å². The fourth-order valence-corrected chi connectivity index (χ4v) is 3.44. The van der Waals surface area contributed by atoms with Gasteiger partial charge in [-0.2, -0.15) is 0 Å². The van der Waals surface area contributed by atoms with Crippen molar-refractivity contribution in [2.24, 2.45) is 0 Å². The molecule has 0 spiro atoms. The second-order valence-corrected chi connectivity index (χ2v) is 7.18. The molecular formula is C23H16ClNO4. The van der Waals surface area contributed by atoms with Gasteiger partial charge >= 0.3 is 5.97 Å². The summed E-state index contributed by atoms with van der Waals surface area (Å²) in [6.07, 6.45) is 0. The van der Waals surface area contributed by atoms with Gasteiger partial charge in [0.2, 0.25) is 0 Å². The number of esters is 1. The van der Waals surface area contributed by atoms with Crippen molar-refractivity contribution in [1.29, 1.82) is 0 Å². The molecule has 3 aromatic rings. The molecule has 0 aromatic heterocycles. The van der Waals surface area contributed by atoms with Gasteiger partial charge in [0.15, 0.2) is 0 Å². The Morgan fingerprint density at radius 3 is 2.03 bits per heavy atom. The van der Waals surface area contributed by atoms with E-state index in [0.717, 1.165) is 16.0 Å². The molecular weight excluding hydrogens is 390 g/mol. The molecule has 5 nitrogen and oxygen atoms in total. The summed E-state index contributed by atoms with van der Waals surface area (Å²) in [5.41, 5.74) is 2.83. The molecule has 0 unspecified atom stereocenters.